The van der Waals surface area contributed by atoms with Gasteiger partial charge in [0.05, 0.1) is 10.4 Å². The molecule has 1 saturated heterocycles. The Kier molecular flexibility index (Phi) is 5.22. The number of aromatic nitrogens is 2. The highest BCUT2D eigenvalue weighted by molar-refractivity contribution is 7.21. The maximum Gasteiger partial charge on any atom is 0.265 e. The van der Waals surface area contributed by atoms with Crippen LogP contribution in [0.1, 0.15) is 32.9 Å². The van der Waals surface area contributed by atoms with E-state index in [1.807, 2.05) is 42.7 Å². The van der Waals surface area contributed by atoms with E-state index in [4.69, 9.17) is 0 Å². The number of nitrogens with one attached hydrogen (secondary N) is 2. The number of fused-ring (bicyclic) bond motifs is 2. The second-order valence-corrected chi connectivity index (χ2v) is 9.74. The fourth-order valence-corrected chi connectivity index (χ4v) is 5.56. The molecular weight excluding hydrogens is 460 g/mol. The maximum atomic E-state index is 13.1. The minimum Gasteiger partial charge on any atom is -0.507 e. The van der Waals surface area contributed by atoms with E-state index in [2.05, 4.69) is 21.4 Å². The highest BCUT2D eigenvalue weighted by Gasteiger charge is 2.23. The van der Waals surface area contributed by atoms with Crippen molar-refractivity contribution in [2.75, 3.05) is 18.4 Å². The summed E-state index contributed by atoms with van der Waals surface area (Å²) in [5.41, 5.74) is 3.50. The van der Waals surface area contributed by atoms with Crippen LogP contribution in [0.15, 0.2) is 67.0 Å². The van der Waals surface area contributed by atoms with Crippen molar-refractivity contribution < 1.29 is 14.7 Å². The van der Waals surface area contributed by atoms with Gasteiger partial charge in [0.1, 0.15) is 11.4 Å². The van der Waals surface area contributed by atoms with Gasteiger partial charge in [-0.05, 0) is 60.9 Å². The number of rotatable bonds is 4. The summed E-state index contributed by atoms with van der Waals surface area (Å²) in [5.74, 6) is -0.559. The molecule has 0 saturated carbocycles. The molecule has 6 rings (SSSR count). The average Bonchev–Trinajstić information content (AvgIpc) is 3.64. The number of H-pyrrole nitrogens is 1. The number of nitrogens with zero attached hydrogens (tertiary/aromatic N) is 2. The molecule has 2 amide bonds. The maximum absolute atomic E-state index is 13.1. The Balaban J connectivity index is 1.29. The van der Waals surface area contributed by atoms with Gasteiger partial charge in [0.25, 0.3) is 11.8 Å². The van der Waals surface area contributed by atoms with Gasteiger partial charge in [0.2, 0.25) is 0 Å². The second kappa shape index (κ2) is 8.56. The number of hydrogen-bond donors (Lipinski definition) is 3. The van der Waals surface area contributed by atoms with Crippen molar-refractivity contribution in [3.05, 3.63) is 77.4 Å². The van der Waals surface area contributed by atoms with E-state index in [9.17, 15) is 14.7 Å². The van der Waals surface area contributed by atoms with E-state index in [0.717, 1.165) is 45.1 Å². The molecule has 3 N–H and O–H groups in total. The molecule has 0 radical (unpaired) electrons. The number of anilines is 1. The summed E-state index contributed by atoms with van der Waals surface area (Å²) in [4.78, 5) is 35.8. The summed E-state index contributed by atoms with van der Waals surface area (Å²) in [6.45, 7) is 1.37. The van der Waals surface area contributed by atoms with Gasteiger partial charge in [-0.2, -0.15) is 0 Å². The summed E-state index contributed by atoms with van der Waals surface area (Å²) >= 11 is 1.41. The van der Waals surface area contributed by atoms with Crippen LogP contribution in [0.2, 0.25) is 0 Å². The molecule has 0 unspecified atom stereocenters. The van der Waals surface area contributed by atoms with Crippen LogP contribution in [0.25, 0.3) is 32.2 Å². The molecule has 0 spiro atoms. The van der Waals surface area contributed by atoms with Crippen molar-refractivity contribution in [1.82, 2.24) is 14.9 Å². The van der Waals surface area contributed by atoms with E-state index >= 15 is 0 Å². The predicted molar refractivity (Wildman–Crippen MR) is 138 cm³/mol. The zero-order valence-corrected chi connectivity index (χ0v) is 19.6. The van der Waals surface area contributed by atoms with E-state index in [1.54, 1.807) is 17.0 Å². The zero-order valence-electron chi connectivity index (χ0n) is 18.7. The Morgan fingerprint density at radius 1 is 1.06 bits per heavy atom. The standard InChI is InChI=1S/C27H22N4O3S/c32-22-7-6-18(13-21(22)27(34)31-10-1-2-11-31)30-26(33)24-14-20-19(4-3-5-23(20)35-24)17-12-16-8-9-28-25(16)29-15-17/h3-9,12-15,32H,1-2,10-11H2,(H,28,29)(H,30,33). The molecule has 1 aliphatic heterocycles. The fourth-order valence-electron chi connectivity index (χ4n) is 4.58. The Morgan fingerprint density at radius 3 is 2.77 bits per heavy atom. The molecule has 8 heteroatoms. The van der Waals surface area contributed by atoms with Crippen molar-refractivity contribution in [1.29, 1.82) is 0 Å². The number of carbonyl (C=O) groups excluding carboxylic acids is 2. The SMILES string of the molecule is O=C(Nc1ccc(O)c(C(=O)N2CCCC2)c1)c1cc2c(-c3cnc4[nH]ccc4c3)cccc2s1. The molecule has 7 nitrogen and oxygen atoms in total. The molecule has 1 aliphatic rings. The van der Waals surface area contributed by atoms with Crippen molar-refractivity contribution >= 4 is 50.0 Å². The van der Waals surface area contributed by atoms with Gasteiger partial charge in [0, 0.05) is 52.2 Å². The smallest absolute Gasteiger partial charge is 0.265 e. The molecule has 1 fully saturated rings. The number of phenols is 1. The predicted octanol–water partition coefficient (Wildman–Crippen LogP) is 5.64. The average molecular weight is 483 g/mol. The van der Waals surface area contributed by atoms with Crippen LogP contribution in [-0.2, 0) is 0 Å². The van der Waals surface area contributed by atoms with Gasteiger partial charge in [-0.3, -0.25) is 9.59 Å². The number of hydrogen-bond acceptors (Lipinski definition) is 5. The second-order valence-electron chi connectivity index (χ2n) is 8.65. The summed E-state index contributed by atoms with van der Waals surface area (Å²) < 4.78 is 0.998. The Hall–Kier alpha value is -4.17. The lowest BCUT2D eigenvalue weighted by molar-refractivity contribution is 0.0789. The van der Waals surface area contributed by atoms with Gasteiger partial charge >= 0.3 is 0 Å². The Bertz CT molecular complexity index is 1600. The lowest BCUT2D eigenvalue weighted by Gasteiger charge is -2.16. The summed E-state index contributed by atoms with van der Waals surface area (Å²) in [7, 11) is 0. The first kappa shape index (κ1) is 21.4. The van der Waals surface area contributed by atoms with Gasteiger partial charge in [-0.15, -0.1) is 11.3 Å². The number of aromatic hydroxyl groups is 1. The Morgan fingerprint density at radius 2 is 1.91 bits per heavy atom. The lowest BCUT2D eigenvalue weighted by atomic mass is 10.0. The zero-order chi connectivity index (χ0) is 23.9. The number of likely N-dealkylation sites (tertiary alicyclic amines) is 1. The van der Waals surface area contributed by atoms with Crippen molar-refractivity contribution in [3.63, 3.8) is 0 Å². The number of thiophene rings is 1. The molecule has 4 heterocycles. The monoisotopic (exact) mass is 482 g/mol. The van der Waals surface area contributed by atoms with Gasteiger partial charge in [-0.1, -0.05) is 12.1 Å². The van der Waals surface area contributed by atoms with Crippen molar-refractivity contribution in [3.8, 4) is 16.9 Å². The van der Waals surface area contributed by atoms with Crippen molar-refractivity contribution in [2.24, 2.45) is 0 Å². The van der Waals surface area contributed by atoms with Gasteiger partial charge < -0.3 is 20.3 Å². The Labute approximate surface area is 205 Å². The van der Waals surface area contributed by atoms with Gasteiger partial charge in [0.15, 0.2) is 0 Å². The molecule has 174 valence electrons. The van der Waals surface area contributed by atoms with Crippen molar-refractivity contribution in [2.45, 2.75) is 12.8 Å². The minimum atomic E-state index is -0.262. The first-order valence-corrected chi connectivity index (χ1v) is 12.3. The van der Waals surface area contributed by atoms with E-state index in [-0.39, 0.29) is 23.1 Å². The fraction of sp³-hybridized carbons (Fsp3) is 0.148. The highest BCUT2D eigenvalue weighted by atomic mass is 32.1. The third-order valence-corrected chi connectivity index (χ3v) is 7.47. The van der Waals surface area contributed by atoms with Crippen LogP contribution in [0.3, 0.4) is 0 Å². The molecule has 2 aromatic carbocycles. The van der Waals surface area contributed by atoms with Crippen LogP contribution in [0.5, 0.6) is 5.75 Å². The third kappa shape index (κ3) is 3.91. The van der Waals surface area contributed by atoms with E-state index < -0.39 is 0 Å². The summed E-state index contributed by atoms with van der Waals surface area (Å²) in [6.07, 6.45) is 5.63. The highest BCUT2D eigenvalue weighted by Crippen LogP contribution is 2.35. The number of amides is 2. The number of phenolic OH excluding ortho intramolecular Hbond substituents is 1. The number of carbonyl (C=O) groups is 2. The van der Waals surface area contributed by atoms with Gasteiger partial charge in [-0.25, -0.2) is 4.98 Å². The number of pyridine rings is 1. The molecule has 0 atom stereocenters. The molecule has 35 heavy (non-hydrogen) atoms. The van der Waals surface area contributed by atoms with E-state index in [1.165, 1.54) is 17.4 Å². The van der Waals surface area contributed by atoms with Crippen LogP contribution in [0, 0.1) is 0 Å². The molecule has 0 bridgehead atoms. The lowest BCUT2D eigenvalue weighted by Crippen LogP contribution is -2.27. The summed E-state index contributed by atoms with van der Waals surface area (Å²) in [5, 5.41) is 15.1. The number of benzene rings is 2. The van der Waals surface area contributed by atoms with Crippen LogP contribution in [0.4, 0.5) is 5.69 Å². The molecule has 3 aromatic heterocycles. The first-order valence-electron chi connectivity index (χ1n) is 11.5. The summed E-state index contributed by atoms with van der Waals surface area (Å²) in [6, 6.07) is 16.6. The third-order valence-electron chi connectivity index (χ3n) is 6.37. The van der Waals surface area contributed by atoms with Crippen LogP contribution >= 0.6 is 11.3 Å². The molecule has 0 aliphatic carbocycles. The largest absolute Gasteiger partial charge is 0.507 e. The number of aromatic amines is 1. The first-order chi connectivity index (χ1) is 17.1. The van der Waals surface area contributed by atoms with Crippen LogP contribution in [-0.4, -0.2) is 44.9 Å². The topological polar surface area (TPSA) is 98.3 Å². The minimum absolute atomic E-state index is 0.0839. The quantitative estimate of drug-likeness (QED) is 0.289. The van der Waals surface area contributed by atoms with E-state index in [0.29, 0.717) is 23.7 Å². The molecular formula is C27H22N4O3S. The molecule has 5 aromatic rings. The van der Waals surface area contributed by atoms with Crippen LogP contribution < -0.4 is 5.32 Å². The normalized spacial score (nSPS) is 13.5.